The minimum atomic E-state index is -4.44. The quantitative estimate of drug-likeness (QED) is 0.813. The Morgan fingerprint density at radius 1 is 1.16 bits per heavy atom. The number of alkyl halides is 3. The largest absolute Gasteiger partial charge is 0.461 e. The van der Waals surface area contributed by atoms with Crippen molar-refractivity contribution in [2.24, 2.45) is 0 Å². The lowest BCUT2D eigenvalue weighted by Gasteiger charge is -2.09. The van der Waals surface area contributed by atoms with Gasteiger partial charge in [-0.15, -0.1) is 0 Å². The van der Waals surface area contributed by atoms with Crippen molar-refractivity contribution in [3.63, 3.8) is 0 Å². The van der Waals surface area contributed by atoms with E-state index in [1.807, 2.05) is 0 Å². The summed E-state index contributed by atoms with van der Waals surface area (Å²) in [7, 11) is 0. The Hall–Kier alpha value is -2.77. The van der Waals surface area contributed by atoms with Crippen molar-refractivity contribution in [2.75, 3.05) is 11.9 Å². The Morgan fingerprint density at radius 2 is 1.76 bits per heavy atom. The maximum atomic E-state index is 12.6. The Morgan fingerprint density at radius 3 is 2.28 bits per heavy atom. The number of nitrogens with one attached hydrogen (secondary N) is 2. The van der Waals surface area contributed by atoms with Crippen molar-refractivity contribution in [2.45, 2.75) is 26.9 Å². The van der Waals surface area contributed by atoms with Gasteiger partial charge in [-0.2, -0.15) is 13.2 Å². The molecule has 0 fully saturated rings. The summed E-state index contributed by atoms with van der Waals surface area (Å²) in [6, 6.07) is 4.11. The molecule has 134 valence electrons. The number of aromatic nitrogens is 1. The zero-order valence-electron chi connectivity index (χ0n) is 13.9. The van der Waals surface area contributed by atoms with E-state index in [0.717, 1.165) is 12.1 Å². The smallest absolute Gasteiger partial charge is 0.416 e. The van der Waals surface area contributed by atoms with Crippen LogP contribution < -0.4 is 5.32 Å². The van der Waals surface area contributed by atoms with Gasteiger partial charge in [0.05, 0.1) is 17.7 Å². The van der Waals surface area contributed by atoms with Crippen molar-refractivity contribution in [1.29, 1.82) is 0 Å². The van der Waals surface area contributed by atoms with Crippen LogP contribution in [0.4, 0.5) is 18.9 Å². The predicted octanol–water partition coefficient (Wildman–Crippen LogP) is 4.08. The summed E-state index contributed by atoms with van der Waals surface area (Å²) >= 11 is 0. The van der Waals surface area contributed by atoms with Crippen molar-refractivity contribution < 1.29 is 27.5 Å². The first kappa shape index (κ1) is 18.6. The average Bonchev–Trinajstić information content (AvgIpc) is 2.82. The number of carbonyl (C=O) groups excluding carboxylic acids is 2. The third-order valence-corrected chi connectivity index (χ3v) is 3.61. The van der Waals surface area contributed by atoms with Crippen molar-refractivity contribution >= 4 is 17.6 Å². The van der Waals surface area contributed by atoms with Crippen molar-refractivity contribution in [3.05, 3.63) is 52.3 Å². The first-order chi connectivity index (χ1) is 11.6. The molecule has 0 aliphatic rings. The summed E-state index contributed by atoms with van der Waals surface area (Å²) in [5.74, 6) is -1.10. The number of H-pyrrole nitrogens is 1. The standard InChI is InChI=1S/C17H17F3N2O3/c1-4-25-16(24)14-9(2)13(10(3)21-14)15(23)22-12-7-5-11(6-8-12)17(18,19)20/h5-8,21H,4H2,1-3H3,(H,22,23). The summed E-state index contributed by atoms with van der Waals surface area (Å²) in [6.07, 6.45) is -4.44. The monoisotopic (exact) mass is 354 g/mol. The van der Waals surface area contributed by atoms with Gasteiger partial charge >= 0.3 is 12.1 Å². The molecule has 0 spiro atoms. The fourth-order valence-corrected chi connectivity index (χ4v) is 2.43. The van der Waals surface area contributed by atoms with Crippen LogP contribution in [0.5, 0.6) is 0 Å². The Labute approximate surface area is 142 Å². The normalized spacial score (nSPS) is 11.3. The van der Waals surface area contributed by atoms with Crippen LogP contribution in [0.3, 0.4) is 0 Å². The number of ether oxygens (including phenoxy) is 1. The molecule has 1 amide bonds. The maximum absolute atomic E-state index is 12.6. The maximum Gasteiger partial charge on any atom is 0.416 e. The molecule has 1 aromatic heterocycles. The summed E-state index contributed by atoms with van der Waals surface area (Å²) in [5, 5.41) is 2.52. The third-order valence-electron chi connectivity index (χ3n) is 3.61. The van der Waals surface area contributed by atoms with Crippen LogP contribution in [-0.2, 0) is 10.9 Å². The van der Waals surface area contributed by atoms with Gasteiger partial charge < -0.3 is 15.0 Å². The van der Waals surface area contributed by atoms with E-state index in [0.29, 0.717) is 11.3 Å². The van der Waals surface area contributed by atoms with E-state index < -0.39 is 23.6 Å². The molecular formula is C17H17F3N2O3. The highest BCUT2D eigenvalue weighted by atomic mass is 19.4. The molecular weight excluding hydrogens is 337 g/mol. The minimum Gasteiger partial charge on any atom is -0.461 e. The second-order valence-corrected chi connectivity index (χ2v) is 5.37. The van der Waals surface area contributed by atoms with E-state index in [1.165, 1.54) is 12.1 Å². The van der Waals surface area contributed by atoms with Gasteiger partial charge in [0.15, 0.2) is 0 Å². The van der Waals surface area contributed by atoms with Crippen LogP contribution in [0.25, 0.3) is 0 Å². The van der Waals surface area contributed by atoms with Gasteiger partial charge in [-0.3, -0.25) is 4.79 Å². The van der Waals surface area contributed by atoms with E-state index in [9.17, 15) is 22.8 Å². The molecule has 2 N–H and O–H groups in total. The van der Waals surface area contributed by atoms with Gasteiger partial charge in [-0.1, -0.05) is 0 Å². The molecule has 1 heterocycles. The zero-order valence-corrected chi connectivity index (χ0v) is 13.9. The van der Waals surface area contributed by atoms with Gasteiger partial charge in [-0.25, -0.2) is 4.79 Å². The molecule has 0 unspecified atom stereocenters. The van der Waals surface area contributed by atoms with E-state index in [2.05, 4.69) is 10.3 Å². The van der Waals surface area contributed by atoms with E-state index >= 15 is 0 Å². The summed E-state index contributed by atoms with van der Waals surface area (Å²) < 4.78 is 42.6. The van der Waals surface area contributed by atoms with Crippen LogP contribution in [-0.4, -0.2) is 23.5 Å². The highest BCUT2D eigenvalue weighted by Crippen LogP contribution is 2.30. The minimum absolute atomic E-state index is 0.178. The molecule has 5 nitrogen and oxygen atoms in total. The number of benzene rings is 1. The number of halogens is 3. The lowest BCUT2D eigenvalue weighted by molar-refractivity contribution is -0.137. The molecule has 25 heavy (non-hydrogen) atoms. The number of hydrogen-bond acceptors (Lipinski definition) is 3. The fourth-order valence-electron chi connectivity index (χ4n) is 2.43. The molecule has 0 saturated heterocycles. The molecule has 1 aromatic carbocycles. The molecule has 0 atom stereocenters. The number of aryl methyl sites for hydroxylation is 1. The Kier molecular flexibility index (Phi) is 5.20. The number of carbonyl (C=O) groups is 2. The summed E-state index contributed by atoms with van der Waals surface area (Å²) in [4.78, 5) is 27.1. The summed E-state index contributed by atoms with van der Waals surface area (Å²) in [6.45, 7) is 5.08. The molecule has 0 saturated carbocycles. The summed E-state index contributed by atoms with van der Waals surface area (Å²) in [5.41, 5.74) is 0.727. The van der Waals surface area contributed by atoms with Gasteiger partial charge in [0.25, 0.3) is 5.91 Å². The van der Waals surface area contributed by atoms with Crippen molar-refractivity contribution in [3.8, 4) is 0 Å². The second-order valence-electron chi connectivity index (χ2n) is 5.37. The Balaban J connectivity index is 2.23. The molecule has 2 aromatic rings. The topological polar surface area (TPSA) is 71.2 Å². The van der Waals surface area contributed by atoms with Crippen molar-refractivity contribution in [1.82, 2.24) is 4.98 Å². The van der Waals surface area contributed by atoms with Gasteiger partial charge in [-0.05, 0) is 50.6 Å². The highest BCUT2D eigenvalue weighted by Gasteiger charge is 2.30. The second kappa shape index (κ2) is 7.00. The lowest BCUT2D eigenvalue weighted by atomic mass is 10.1. The van der Waals surface area contributed by atoms with Crippen LogP contribution >= 0.6 is 0 Å². The number of anilines is 1. The number of aromatic amines is 1. The van der Waals surface area contributed by atoms with Gasteiger partial charge in [0.2, 0.25) is 0 Å². The molecule has 8 heteroatoms. The molecule has 2 rings (SSSR count). The van der Waals surface area contributed by atoms with Gasteiger partial charge in [0, 0.05) is 11.4 Å². The molecule has 0 aliphatic carbocycles. The first-order valence-electron chi connectivity index (χ1n) is 7.50. The number of amides is 1. The highest BCUT2D eigenvalue weighted by molar-refractivity contribution is 6.08. The average molecular weight is 354 g/mol. The zero-order chi connectivity index (χ0) is 18.8. The molecule has 0 radical (unpaired) electrons. The van der Waals surface area contributed by atoms with Crippen LogP contribution in [0.1, 0.15) is 44.6 Å². The van der Waals surface area contributed by atoms with Crippen LogP contribution in [0.15, 0.2) is 24.3 Å². The predicted molar refractivity (Wildman–Crippen MR) is 85.6 cm³/mol. The van der Waals surface area contributed by atoms with E-state index in [1.54, 1.807) is 20.8 Å². The number of rotatable bonds is 4. The van der Waals surface area contributed by atoms with E-state index in [4.69, 9.17) is 4.74 Å². The molecule has 0 aliphatic heterocycles. The number of esters is 1. The van der Waals surface area contributed by atoms with Crippen LogP contribution in [0.2, 0.25) is 0 Å². The lowest BCUT2D eigenvalue weighted by Crippen LogP contribution is -2.14. The SMILES string of the molecule is CCOC(=O)c1[nH]c(C)c(C(=O)Nc2ccc(C(F)(F)F)cc2)c1C. The first-order valence-corrected chi connectivity index (χ1v) is 7.50. The van der Waals surface area contributed by atoms with E-state index in [-0.39, 0.29) is 23.6 Å². The fraction of sp³-hybridized carbons (Fsp3) is 0.294. The third kappa shape index (κ3) is 4.01. The number of hydrogen-bond donors (Lipinski definition) is 2. The Bertz CT molecular complexity index is 793. The molecule has 0 bridgehead atoms. The van der Waals surface area contributed by atoms with Gasteiger partial charge in [0.1, 0.15) is 5.69 Å². The van der Waals surface area contributed by atoms with Crippen LogP contribution in [0, 0.1) is 13.8 Å².